The van der Waals surface area contributed by atoms with Crippen molar-refractivity contribution in [2.24, 2.45) is 23.7 Å². The molecule has 4 saturated heterocycles. The molecular formula is C54H85FN4O16. The van der Waals surface area contributed by atoms with E-state index in [1.54, 1.807) is 47.6 Å². The number of pyridine rings is 1. The zero-order valence-electron chi connectivity index (χ0n) is 46.0. The molecule has 2 aromatic rings. The maximum atomic E-state index is 14.6. The standard InChI is InChI=1S/C37H67NO13.C17H18FN3O3/c1-14-25-37(10,45)30(41)20(4)27(39)18(2)16-35(8,44)32(51-34-28(40)24(38(11)12)15-19(3)47-34)21(5)29(22(6)33(43)49-25)50-26-17-36(9,46-13)31(42)23(7)48-26;18-13-7-11-14(8-15(13)20-5-3-19-4-6-20)21(10-1-2-10)9-12(16(11)22)17(23)24/h18-26,28-32,34,40-42,44-45H,14-17H2,1-13H3;7-10,19H,1-6H2,(H,23,24)/t18-,19-,20+,21+,22-,23+,24+,25-,26+,28-,29+,30-,31+,32-,34+,35-,36-,37-;/m1./s1. The molecule has 0 bridgehead atoms. The number of halogens is 1. The number of fused-ring (bicyclic) bond motifs is 1. The van der Waals surface area contributed by atoms with Crippen LogP contribution in [-0.4, -0.2) is 189 Å². The van der Waals surface area contributed by atoms with E-state index in [0.29, 0.717) is 30.7 Å². The molecule has 7 rings (SSSR count). The average molecular weight is 1070 g/mol. The fourth-order valence-electron chi connectivity index (χ4n) is 11.7. The summed E-state index contributed by atoms with van der Waals surface area (Å²) in [6.07, 6.45) is -6.42. The number of piperazine rings is 1. The van der Waals surface area contributed by atoms with Crippen molar-refractivity contribution in [3.63, 3.8) is 0 Å². The number of carbonyl (C=O) groups is 3. The Hall–Kier alpha value is -3.71. The fourth-order valence-corrected chi connectivity index (χ4v) is 11.7. The van der Waals surface area contributed by atoms with Crippen LogP contribution in [0.5, 0.6) is 0 Å². The highest BCUT2D eigenvalue weighted by molar-refractivity contribution is 5.93. The van der Waals surface area contributed by atoms with Gasteiger partial charge in [-0.25, -0.2) is 9.18 Å². The first-order valence-electron chi connectivity index (χ1n) is 26.6. The number of likely N-dealkylation sites (N-methyl/N-ethyl adjacent to an activating group) is 1. The van der Waals surface area contributed by atoms with Crippen LogP contribution in [0.4, 0.5) is 10.1 Å². The quantitative estimate of drug-likeness (QED) is 0.168. The van der Waals surface area contributed by atoms with Gasteiger partial charge in [0.15, 0.2) is 12.6 Å². The maximum absolute atomic E-state index is 14.6. The number of aromatic nitrogens is 1. The van der Waals surface area contributed by atoms with Crippen molar-refractivity contribution in [2.75, 3.05) is 52.3 Å². The number of nitrogens with zero attached hydrogens (tertiary/aromatic N) is 3. The molecule has 21 heteroatoms. The number of anilines is 1. The number of nitrogens with one attached hydrogen (secondary N) is 1. The second-order valence-corrected chi connectivity index (χ2v) is 22.8. The lowest BCUT2D eigenvalue weighted by Crippen LogP contribution is -2.61. The molecule has 7 N–H and O–H groups in total. The number of hydrogen-bond acceptors (Lipinski definition) is 18. The summed E-state index contributed by atoms with van der Waals surface area (Å²) in [5.41, 5.74) is -4.68. The van der Waals surface area contributed by atoms with Crippen LogP contribution in [0, 0.1) is 29.5 Å². The lowest BCUT2D eigenvalue weighted by molar-refractivity contribution is -0.318. The number of hydrogen-bond donors (Lipinski definition) is 7. The van der Waals surface area contributed by atoms with E-state index in [2.05, 4.69) is 5.32 Å². The van der Waals surface area contributed by atoms with Crippen molar-refractivity contribution in [1.82, 2.24) is 14.8 Å². The van der Waals surface area contributed by atoms with Crippen LogP contribution < -0.4 is 15.6 Å². The topological polar surface area (TPSA) is 268 Å². The number of aliphatic hydroxyl groups excluding tert-OH is 3. The van der Waals surface area contributed by atoms with Gasteiger partial charge in [-0.05, 0) is 99.9 Å². The Morgan fingerprint density at radius 1 is 0.920 bits per heavy atom. The largest absolute Gasteiger partial charge is 0.477 e. The van der Waals surface area contributed by atoms with Gasteiger partial charge < -0.3 is 78.7 Å². The molecule has 1 saturated carbocycles. The summed E-state index contributed by atoms with van der Waals surface area (Å²) in [5, 5.41) is 70.2. The molecule has 0 radical (unpaired) electrons. The molecule has 0 amide bonds. The summed E-state index contributed by atoms with van der Waals surface area (Å²) >= 11 is 0. The monoisotopic (exact) mass is 1060 g/mol. The summed E-state index contributed by atoms with van der Waals surface area (Å²) in [5.74, 6) is -6.73. The summed E-state index contributed by atoms with van der Waals surface area (Å²) in [4.78, 5) is 55.5. The zero-order chi connectivity index (χ0) is 55.8. The van der Waals surface area contributed by atoms with Crippen LogP contribution in [0.15, 0.2) is 23.1 Å². The lowest BCUT2D eigenvalue weighted by atomic mass is 9.74. The van der Waals surface area contributed by atoms with Crippen molar-refractivity contribution >= 4 is 34.3 Å². The van der Waals surface area contributed by atoms with E-state index in [1.807, 2.05) is 35.4 Å². The van der Waals surface area contributed by atoms with Gasteiger partial charge in [-0.15, -0.1) is 0 Å². The molecule has 0 unspecified atom stereocenters. The minimum absolute atomic E-state index is 0.0936. The van der Waals surface area contributed by atoms with Gasteiger partial charge in [-0.2, -0.15) is 0 Å². The third kappa shape index (κ3) is 13.1. The number of carboxylic acid groups (broad SMARTS) is 1. The van der Waals surface area contributed by atoms with Gasteiger partial charge in [0, 0.05) is 81.1 Å². The molecule has 1 aromatic carbocycles. The number of ether oxygens (including phenoxy) is 6. The van der Waals surface area contributed by atoms with Gasteiger partial charge in [-0.3, -0.25) is 14.4 Å². The molecule has 18 atom stereocenters. The Morgan fingerprint density at radius 2 is 1.56 bits per heavy atom. The molecule has 5 aliphatic rings. The van der Waals surface area contributed by atoms with Gasteiger partial charge in [0.05, 0.1) is 58.8 Å². The highest BCUT2D eigenvalue weighted by atomic mass is 19.1. The first-order chi connectivity index (χ1) is 35.0. The molecule has 0 spiro atoms. The van der Waals surface area contributed by atoms with Crippen LogP contribution in [0.25, 0.3) is 10.9 Å². The second-order valence-electron chi connectivity index (χ2n) is 22.8. The van der Waals surface area contributed by atoms with Crippen molar-refractivity contribution in [3.8, 4) is 0 Å². The predicted molar refractivity (Wildman–Crippen MR) is 275 cm³/mol. The predicted octanol–water partition coefficient (Wildman–Crippen LogP) is 3.37. The third-order valence-corrected chi connectivity index (χ3v) is 16.6. The van der Waals surface area contributed by atoms with Gasteiger partial charge in [0.25, 0.3) is 0 Å². The minimum atomic E-state index is -1.99. The molecule has 20 nitrogen and oxygen atoms in total. The number of ketones is 1. The lowest BCUT2D eigenvalue weighted by Gasteiger charge is -2.49. The number of aromatic carboxylic acids is 1. The van der Waals surface area contributed by atoms with Gasteiger partial charge in [0.2, 0.25) is 5.43 Å². The molecule has 4 aliphatic heterocycles. The van der Waals surface area contributed by atoms with E-state index in [4.69, 9.17) is 28.4 Å². The Balaban J connectivity index is 0.000000313. The fraction of sp³-hybridized carbons (Fsp3) is 0.778. The van der Waals surface area contributed by atoms with Crippen LogP contribution in [0.1, 0.15) is 124 Å². The first-order valence-corrected chi connectivity index (χ1v) is 26.6. The van der Waals surface area contributed by atoms with Crippen molar-refractivity contribution in [1.29, 1.82) is 0 Å². The summed E-state index contributed by atoms with van der Waals surface area (Å²) in [6.45, 7) is 19.3. The number of carboxylic acids is 1. The number of rotatable bonds is 10. The average Bonchev–Trinajstić information content (AvgIpc) is 4.21. The number of methoxy groups -OCH3 is 1. The van der Waals surface area contributed by atoms with Gasteiger partial charge in [-0.1, -0.05) is 27.7 Å². The van der Waals surface area contributed by atoms with Crippen molar-refractivity contribution in [2.45, 2.75) is 198 Å². The highest BCUT2D eigenvalue weighted by Crippen LogP contribution is 2.42. The molecule has 1 aromatic heterocycles. The minimum Gasteiger partial charge on any atom is -0.477 e. The maximum Gasteiger partial charge on any atom is 0.341 e. The summed E-state index contributed by atoms with van der Waals surface area (Å²) < 4.78 is 53.5. The van der Waals surface area contributed by atoms with Crippen LogP contribution in [0.3, 0.4) is 0 Å². The van der Waals surface area contributed by atoms with E-state index >= 15 is 0 Å². The number of carbonyl (C=O) groups excluding carboxylic acids is 2. The SMILES string of the molecule is CC[C@H]1OC(=O)[C@H](C)[C@@H](O[C@H]2C[C@@](C)(OC)[C@@H](O)[C@H](C)O2)[C@H](C)[C@@H](O[C@@H]2O[C@H](C)C[C@H](N(C)C)[C@H]2O)[C@](C)(O)C[C@@H](C)C(=O)[C@H](C)[C@@H](O)[C@]1(C)O.O=C(O)c1cn(C2CC2)c2cc(N3CCNCC3)c(F)cc2c1=O. The zero-order valence-corrected chi connectivity index (χ0v) is 46.0. The van der Waals surface area contributed by atoms with Crippen LogP contribution in [-0.2, 0) is 38.0 Å². The highest BCUT2D eigenvalue weighted by Gasteiger charge is 2.53. The Kier molecular flexibility index (Phi) is 19.5. The van der Waals surface area contributed by atoms with E-state index in [0.717, 1.165) is 25.9 Å². The molecule has 424 valence electrons. The first kappa shape index (κ1) is 60.5. The Labute approximate surface area is 439 Å². The molecule has 1 aliphatic carbocycles. The van der Waals surface area contributed by atoms with Crippen molar-refractivity contribution in [3.05, 3.63) is 39.9 Å². The van der Waals surface area contributed by atoms with E-state index in [1.165, 1.54) is 40.1 Å². The Bertz CT molecular complexity index is 2380. The second kappa shape index (κ2) is 24.1. The third-order valence-electron chi connectivity index (χ3n) is 16.6. The number of esters is 1. The number of aliphatic hydroxyl groups is 5. The number of cyclic esters (lactones) is 1. The van der Waals surface area contributed by atoms with E-state index < -0.39 is 125 Å². The Morgan fingerprint density at radius 3 is 2.13 bits per heavy atom. The number of benzene rings is 1. The summed E-state index contributed by atoms with van der Waals surface area (Å²) in [6, 6.07) is 2.75. The molecular weight excluding hydrogens is 980 g/mol. The van der Waals surface area contributed by atoms with Crippen LogP contribution in [0.2, 0.25) is 0 Å². The normalized spacial score (nSPS) is 39.6. The molecule has 5 fully saturated rings. The van der Waals surface area contributed by atoms with Crippen LogP contribution >= 0.6 is 0 Å². The van der Waals surface area contributed by atoms with Gasteiger partial charge >= 0.3 is 11.9 Å². The number of Topliss-reactive ketones (excluding diaryl/α,β-unsaturated/α-hetero) is 1. The van der Waals surface area contributed by atoms with Crippen molar-refractivity contribution < 1.29 is 77.8 Å². The molecule has 75 heavy (non-hydrogen) atoms. The summed E-state index contributed by atoms with van der Waals surface area (Å²) in [7, 11) is 5.18. The van der Waals surface area contributed by atoms with E-state index in [9.17, 15) is 54.2 Å². The molecule has 5 heterocycles. The van der Waals surface area contributed by atoms with Gasteiger partial charge in [0.1, 0.15) is 41.1 Å². The smallest absolute Gasteiger partial charge is 0.341 e. The van der Waals surface area contributed by atoms with E-state index in [-0.39, 0.29) is 48.4 Å².